The largest absolute Gasteiger partial charge is 0.507 e. The molecule has 5 N–H and O–H groups in total. The van der Waals surface area contributed by atoms with Gasteiger partial charge in [0.05, 0.1) is 33.0 Å². The molecule has 4 aromatic carbocycles. The number of aromatic hydroxyl groups is 1. The van der Waals surface area contributed by atoms with Crippen molar-refractivity contribution in [2.75, 3.05) is 5.73 Å². The highest BCUT2D eigenvalue weighted by molar-refractivity contribution is 7.86. The van der Waals surface area contributed by atoms with E-state index in [1.165, 1.54) is 12.1 Å². The molecule has 0 amide bonds. The molecule has 0 aliphatic carbocycles. The second-order valence-electron chi connectivity index (χ2n) is 8.20. The number of anilines is 1. The molecule has 0 aromatic heterocycles. The Kier molecular flexibility index (Phi) is 7.61. The maximum absolute atomic E-state index is 12.1. The number of nitrogens with two attached hydrogens (primary N) is 1. The van der Waals surface area contributed by atoms with Crippen LogP contribution in [0.15, 0.2) is 90.9 Å². The highest BCUT2D eigenvalue weighted by Crippen LogP contribution is 2.42. The number of carbonyl (C=O) groups is 1. The molecule has 0 heterocycles. The molecule has 0 saturated carbocycles. The zero-order chi connectivity index (χ0) is 29.2. The molecule has 0 unspecified atom stereocenters. The van der Waals surface area contributed by atoms with Crippen LogP contribution in [-0.4, -0.2) is 37.5 Å². The van der Waals surface area contributed by atoms with Crippen molar-refractivity contribution in [3.63, 3.8) is 0 Å². The summed E-state index contributed by atoms with van der Waals surface area (Å²) in [5, 5.41) is 25.9. The second-order valence-corrected chi connectivity index (χ2v) is 11.0. The molecule has 0 saturated heterocycles. The number of hydrogen-bond donors (Lipinski definition) is 4. The number of hydrogen-bond acceptors (Lipinski definition) is 12. The monoisotopic (exact) mass is 585 g/mol. The van der Waals surface area contributed by atoms with E-state index < -0.39 is 41.2 Å². The van der Waals surface area contributed by atoms with Crippen molar-refractivity contribution < 1.29 is 40.6 Å². The quantitative estimate of drug-likeness (QED) is 0.0902. The van der Waals surface area contributed by atoms with Gasteiger partial charge in [-0.05, 0) is 55.0 Å². The van der Waals surface area contributed by atoms with Crippen molar-refractivity contribution in [3.05, 3.63) is 66.2 Å². The predicted molar refractivity (Wildman–Crippen MR) is 142 cm³/mol. The number of phenolic OH excluding ortho intramolecular Hbond substituents is 1. The van der Waals surface area contributed by atoms with Gasteiger partial charge >= 0.3 is 0 Å². The van der Waals surface area contributed by atoms with Crippen molar-refractivity contribution in [1.82, 2.24) is 0 Å². The van der Waals surface area contributed by atoms with Crippen molar-refractivity contribution in [2.45, 2.75) is 16.7 Å². The average molecular weight is 586 g/mol. The van der Waals surface area contributed by atoms with Crippen molar-refractivity contribution in [3.8, 4) is 11.5 Å². The summed E-state index contributed by atoms with van der Waals surface area (Å²) in [6.07, 6.45) is 0. The van der Waals surface area contributed by atoms with E-state index >= 15 is 0 Å². The lowest BCUT2D eigenvalue weighted by Gasteiger charge is -2.12. The molecule has 0 atom stereocenters. The van der Waals surface area contributed by atoms with Gasteiger partial charge in [-0.3, -0.25) is 13.9 Å². The van der Waals surface area contributed by atoms with Crippen LogP contribution in [0.3, 0.4) is 0 Å². The van der Waals surface area contributed by atoms with Crippen LogP contribution in [0.25, 0.3) is 10.8 Å². The number of rotatable bonds is 8. The Labute approximate surface area is 227 Å². The molecule has 16 heteroatoms. The fourth-order valence-corrected chi connectivity index (χ4v) is 4.87. The molecule has 14 nitrogen and oxygen atoms in total. The molecule has 40 heavy (non-hydrogen) atoms. The van der Waals surface area contributed by atoms with Gasteiger partial charge in [0.15, 0.2) is 0 Å². The van der Waals surface area contributed by atoms with Gasteiger partial charge in [0.2, 0.25) is 0 Å². The Hall–Kier alpha value is -4.77. The fraction of sp³-hybridized carbons (Fsp3) is 0.0417. The van der Waals surface area contributed by atoms with Crippen LogP contribution in [-0.2, 0) is 25.0 Å². The molecule has 0 fully saturated rings. The molecule has 0 spiro atoms. The van der Waals surface area contributed by atoms with Crippen LogP contribution in [0.2, 0.25) is 0 Å². The minimum absolute atomic E-state index is 0.256. The standard InChI is InChI=1S/C24H19N5O9S2/c1-13-7-15(5-6-19(13)28-26-14-3-2-4-16(8-14)38-12-30)27-29-20-11-22(40(35,36)37)18-9-17(39(32,33)34)10-21(31)23(18)24(20)25/h2-12,31H,25H2,1H3,(H,32,33,34)(H,35,36,37). The molecule has 0 radical (unpaired) electrons. The van der Waals surface area contributed by atoms with E-state index in [1.807, 2.05) is 0 Å². The first-order valence-corrected chi connectivity index (χ1v) is 13.8. The summed E-state index contributed by atoms with van der Waals surface area (Å²) in [4.78, 5) is 8.87. The molecule has 4 rings (SSSR count). The number of aryl methyl sites for hydroxylation is 1. The Morgan fingerprint density at radius 1 is 0.825 bits per heavy atom. The third kappa shape index (κ3) is 6.10. The number of nitrogens with zero attached hydrogens (tertiary/aromatic N) is 4. The highest BCUT2D eigenvalue weighted by Gasteiger charge is 2.24. The van der Waals surface area contributed by atoms with Gasteiger partial charge in [0, 0.05) is 17.5 Å². The summed E-state index contributed by atoms with van der Waals surface area (Å²) in [7, 11) is -9.80. The summed E-state index contributed by atoms with van der Waals surface area (Å²) >= 11 is 0. The average Bonchev–Trinajstić information content (AvgIpc) is 2.86. The topological polar surface area (TPSA) is 231 Å². The Morgan fingerprint density at radius 2 is 1.50 bits per heavy atom. The maximum Gasteiger partial charge on any atom is 0.298 e. The van der Waals surface area contributed by atoms with Crippen molar-refractivity contribution in [1.29, 1.82) is 0 Å². The number of phenols is 1. The third-order valence-electron chi connectivity index (χ3n) is 5.47. The first kappa shape index (κ1) is 28.2. The highest BCUT2D eigenvalue weighted by atomic mass is 32.2. The molecule has 0 bridgehead atoms. The van der Waals surface area contributed by atoms with Crippen LogP contribution < -0.4 is 10.5 Å². The van der Waals surface area contributed by atoms with E-state index in [2.05, 4.69) is 20.5 Å². The minimum atomic E-state index is -4.97. The zero-order valence-corrected chi connectivity index (χ0v) is 22.0. The van der Waals surface area contributed by atoms with E-state index in [0.717, 1.165) is 12.1 Å². The van der Waals surface area contributed by atoms with E-state index in [9.17, 15) is 35.8 Å². The smallest absolute Gasteiger partial charge is 0.298 e. The minimum Gasteiger partial charge on any atom is -0.507 e. The van der Waals surface area contributed by atoms with Crippen LogP contribution in [0.5, 0.6) is 11.5 Å². The van der Waals surface area contributed by atoms with Gasteiger partial charge in [0.1, 0.15) is 22.1 Å². The van der Waals surface area contributed by atoms with Gasteiger partial charge in [-0.2, -0.15) is 32.2 Å². The number of azo groups is 2. The molecular formula is C24H19N5O9S2. The second kappa shape index (κ2) is 10.8. The van der Waals surface area contributed by atoms with Gasteiger partial charge < -0.3 is 15.6 Å². The van der Waals surface area contributed by atoms with Crippen LogP contribution in [0.4, 0.5) is 28.4 Å². The van der Waals surface area contributed by atoms with E-state index in [0.29, 0.717) is 40.9 Å². The normalized spacial score (nSPS) is 12.4. The number of ether oxygens (including phenoxy) is 1. The summed E-state index contributed by atoms with van der Waals surface area (Å²) in [5.74, 6) is -0.477. The molecule has 0 aliphatic heterocycles. The maximum atomic E-state index is 12.1. The third-order valence-corrected chi connectivity index (χ3v) is 7.20. The van der Waals surface area contributed by atoms with Gasteiger partial charge in [-0.1, -0.05) is 6.07 Å². The van der Waals surface area contributed by atoms with Crippen molar-refractivity contribution in [2.24, 2.45) is 20.5 Å². The zero-order valence-electron chi connectivity index (χ0n) is 20.3. The lowest BCUT2D eigenvalue weighted by Crippen LogP contribution is -2.04. The SMILES string of the molecule is Cc1cc(N=Nc2cc(S(=O)(=O)O)c3cc(S(=O)(=O)O)cc(O)c3c2N)ccc1N=Nc1cccc(OC=O)c1. The van der Waals surface area contributed by atoms with Gasteiger partial charge in [-0.25, -0.2) is 0 Å². The van der Waals surface area contributed by atoms with Gasteiger partial charge in [0.25, 0.3) is 26.7 Å². The molecular weight excluding hydrogens is 566 g/mol. The fourth-order valence-electron chi connectivity index (χ4n) is 3.64. The number of fused-ring (bicyclic) bond motifs is 1. The lowest BCUT2D eigenvalue weighted by molar-refractivity contribution is -0.120. The van der Waals surface area contributed by atoms with Crippen LogP contribution in [0.1, 0.15) is 5.56 Å². The molecule has 0 aliphatic rings. The lowest BCUT2D eigenvalue weighted by atomic mass is 10.1. The number of nitrogen functional groups attached to an aromatic ring is 1. The predicted octanol–water partition coefficient (Wildman–Crippen LogP) is 5.30. The molecule has 206 valence electrons. The van der Waals surface area contributed by atoms with E-state index in [-0.39, 0.29) is 16.8 Å². The first-order chi connectivity index (χ1) is 18.8. The van der Waals surface area contributed by atoms with E-state index in [4.69, 9.17) is 10.5 Å². The summed E-state index contributed by atoms with van der Waals surface area (Å²) < 4.78 is 71.0. The Balaban J connectivity index is 1.71. The number of carbonyl (C=O) groups excluding carboxylic acids is 1. The summed E-state index contributed by atoms with van der Waals surface area (Å²) in [6.45, 7) is 2.02. The van der Waals surface area contributed by atoms with Gasteiger partial charge in [-0.15, -0.1) is 5.11 Å². The van der Waals surface area contributed by atoms with E-state index in [1.54, 1.807) is 37.3 Å². The molecule has 4 aromatic rings. The van der Waals surface area contributed by atoms with Crippen molar-refractivity contribution >= 4 is 65.9 Å². The van der Waals surface area contributed by atoms with Crippen LogP contribution in [0, 0.1) is 6.92 Å². The Morgan fingerprint density at radius 3 is 2.12 bits per heavy atom. The number of benzene rings is 4. The summed E-state index contributed by atoms with van der Waals surface area (Å²) in [6, 6.07) is 13.4. The Bertz CT molecular complexity index is 1940. The van der Waals surface area contributed by atoms with Crippen LogP contribution >= 0.6 is 0 Å². The first-order valence-electron chi connectivity index (χ1n) is 11.0. The summed E-state index contributed by atoms with van der Waals surface area (Å²) in [5.41, 5.74) is 7.42.